The Morgan fingerprint density at radius 1 is 1.26 bits per heavy atom. The van der Waals surface area contributed by atoms with Crippen LogP contribution < -0.4 is 15.2 Å². The van der Waals surface area contributed by atoms with Crippen molar-refractivity contribution in [2.75, 3.05) is 18.6 Å². The van der Waals surface area contributed by atoms with Crippen LogP contribution in [0.25, 0.3) is 10.9 Å². The summed E-state index contributed by atoms with van der Waals surface area (Å²) in [6.45, 7) is 0.596. The molecule has 7 heteroatoms. The molecule has 0 atom stereocenters. The second-order valence-corrected chi connectivity index (χ2v) is 7.40. The number of nitrogens with zero attached hydrogens (tertiary/aromatic N) is 3. The van der Waals surface area contributed by atoms with E-state index in [0.717, 1.165) is 34.3 Å². The van der Waals surface area contributed by atoms with Crippen LogP contribution in [0.4, 0.5) is 5.69 Å². The van der Waals surface area contributed by atoms with Crippen molar-refractivity contribution in [3.05, 3.63) is 63.1 Å². The maximum Gasteiger partial charge on any atom is 0.261 e. The van der Waals surface area contributed by atoms with Crippen LogP contribution in [0.1, 0.15) is 12.0 Å². The standard InChI is InChI=1S/C20H18BrN3O3/c1-27-15-5-7-18-13(9-15)3-2-8-24(18)19(25)11-23-12-22-17-6-4-14(21)10-16(17)20(23)26/h4-7,9-10,12H,2-3,8,11H2,1H3. The number of fused-ring (bicyclic) bond motifs is 2. The Kier molecular flexibility index (Phi) is 4.70. The molecule has 0 N–H and O–H groups in total. The number of hydrogen-bond acceptors (Lipinski definition) is 4. The fraction of sp³-hybridized carbons (Fsp3) is 0.250. The molecular formula is C20H18BrN3O3. The minimum Gasteiger partial charge on any atom is -0.497 e. The molecule has 0 saturated carbocycles. The number of carbonyl (C=O) groups is 1. The highest BCUT2D eigenvalue weighted by Crippen LogP contribution is 2.30. The monoisotopic (exact) mass is 427 g/mol. The van der Waals surface area contributed by atoms with E-state index in [-0.39, 0.29) is 18.0 Å². The van der Waals surface area contributed by atoms with Gasteiger partial charge in [-0.2, -0.15) is 0 Å². The summed E-state index contributed by atoms with van der Waals surface area (Å²) >= 11 is 3.37. The van der Waals surface area contributed by atoms with Gasteiger partial charge in [0.2, 0.25) is 5.91 Å². The number of hydrogen-bond donors (Lipinski definition) is 0. The molecule has 2 heterocycles. The lowest BCUT2D eigenvalue weighted by atomic mass is 10.0. The number of methoxy groups -OCH3 is 1. The summed E-state index contributed by atoms with van der Waals surface area (Å²) in [6, 6.07) is 11.1. The summed E-state index contributed by atoms with van der Waals surface area (Å²) in [6.07, 6.45) is 3.22. The van der Waals surface area contributed by atoms with Crippen LogP contribution in [0, 0.1) is 0 Å². The zero-order valence-corrected chi connectivity index (χ0v) is 16.4. The molecule has 0 unspecified atom stereocenters. The van der Waals surface area contributed by atoms with Crippen molar-refractivity contribution in [2.24, 2.45) is 0 Å². The molecule has 6 nitrogen and oxygen atoms in total. The number of anilines is 1. The van der Waals surface area contributed by atoms with E-state index in [0.29, 0.717) is 17.4 Å². The van der Waals surface area contributed by atoms with Gasteiger partial charge in [0.15, 0.2) is 0 Å². The zero-order chi connectivity index (χ0) is 19.0. The molecule has 4 rings (SSSR count). The summed E-state index contributed by atoms with van der Waals surface area (Å²) in [5.41, 5.74) is 2.36. The normalized spacial score (nSPS) is 13.5. The summed E-state index contributed by atoms with van der Waals surface area (Å²) in [4.78, 5) is 31.7. The van der Waals surface area contributed by atoms with Crippen LogP contribution in [0.5, 0.6) is 5.75 Å². The first-order chi connectivity index (χ1) is 13.1. The van der Waals surface area contributed by atoms with Crippen molar-refractivity contribution in [1.82, 2.24) is 9.55 Å². The first-order valence-corrected chi connectivity index (χ1v) is 9.48. The largest absolute Gasteiger partial charge is 0.497 e. The number of ether oxygens (including phenoxy) is 1. The summed E-state index contributed by atoms with van der Waals surface area (Å²) in [7, 11) is 1.63. The van der Waals surface area contributed by atoms with Gasteiger partial charge in [-0.15, -0.1) is 0 Å². The minimum absolute atomic E-state index is 0.0419. The maximum absolute atomic E-state index is 12.9. The van der Waals surface area contributed by atoms with Crippen molar-refractivity contribution >= 4 is 38.4 Å². The van der Waals surface area contributed by atoms with Gasteiger partial charge in [0.05, 0.1) is 24.3 Å². The molecule has 0 bridgehead atoms. The van der Waals surface area contributed by atoms with E-state index in [2.05, 4.69) is 20.9 Å². The number of amides is 1. The number of aromatic nitrogens is 2. The maximum atomic E-state index is 12.9. The van der Waals surface area contributed by atoms with E-state index in [9.17, 15) is 9.59 Å². The molecule has 0 fully saturated rings. The van der Waals surface area contributed by atoms with Crippen molar-refractivity contribution in [3.8, 4) is 5.75 Å². The average molecular weight is 428 g/mol. The summed E-state index contributed by atoms with van der Waals surface area (Å²) in [5, 5.41) is 0.489. The number of carbonyl (C=O) groups excluding carboxylic acids is 1. The van der Waals surface area contributed by atoms with Crippen LogP contribution in [0.2, 0.25) is 0 Å². The van der Waals surface area contributed by atoms with E-state index in [4.69, 9.17) is 4.74 Å². The van der Waals surface area contributed by atoms with Crippen LogP contribution in [-0.4, -0.2) is 29.1 Å². The molecule has 0 radical (unpaired) electrons. The quantitative estimate of drug-likeness (QED) is 0.643. The van der Waals surface area contributed by atoms with Gasteiger partial charge in [-0.3, -0.25) is 14.2 Å². The van der Waals surface area contributed by atoms with Crippen molar-refractivity contribution in [2.45, 2.75) is 19.4 Å². The Balaban J connectivity index is 1.65. The Bertz CT molecular complexity index is 1090. The average Bonchev–Trinajstić information content (AvgIpc) is 2.69. The Morgan fingerprint density at radius 3 is 2.93 bits per heavy atom. The van der Waals surface area contributed by atoms with Gasteiger partial charge in [-0.1, -0.05) is 15.9 Å². The first kappa shape index (κ1) is 17.7. The SMILES string of the molecule is COc1ccc2c(c1)CCCN2C(=O)Cn1cnc2ccc(Br)cc2c1=O. The van der Waals surface area contributed by atoms with E-state index in [1.54, 1.807) is 24.1 Å². The molecule has 1 aliphatic heterocycles. The van der Waals surface area contributed by atoms with Crippen molar-refractivity contribution in [1.29, 1.82) is 0 Å². The predicted molar refractivity (Wildman–Crippen MR) is 107 cm³/mol. The molecule has 1 amide bonds. The van der Waals surface area contributed by atoms with Crippen LogP contribution >= 0.6 is 15.9 Å². The third kappa shape index (κ3) is 3.35. The fourth-order valence-electron chi connectivity index (χ4n) is 3.43. The Hall–Kier alpha value is -2.67. The third-order valence-electron chi connectivity index (χ3n) is 4.80. The molecule has 138 valence electrons. The van der Waals surface area contributed by atoms with Crippen LogP contribution in [0.3, 0.4) is 0 Å². The highest BCUT2D eigenvalue weighted by atomic mass is 79.9. The number of aryl methyl sites for hydroxylation is 1. The third-order valence-corrected chi connectivity index (χ3v) is 5.29. The lowest BCUT2D eigenvalue weighted by Gasteiger charge is -2.30. The number of benzene rings is 2. The molecule has 2 aromatic carbocycles. The van der Waals surface area contributed by atoms with Crippen LogP contribution in [-0.2, 0) is 17.8 Å². The van der Waals surface area contributed by atoms with E-state index >= 15 is 0 Å². The topological polar surface area (TPSA) is 64.4 Å². The van der Waals surface area contributed by atoms with Gasteiger partial charge < -0.3 is 9.64 Å². The van der Waals surface area contributed by atoms with Crippen molar-refractivity contribution in [3.63, 3.8) is 0 Å². The lowest BCUT2D eigenvalue weighted by molar-refractivity contribution is -0.119. The molecular weight excluding hydrogens is 410 g/mol. The minimum atomic E-state index is -0.221. The highest BCUT2D eigenvalue weighted by molar-refractivity contribution is 9.10. The van der Waals surface area contributed by atoms with Gasteiger partial charge >= 0.3 is 0 Å². The molecule has 1 aromatic heterocycles. The smallest absolute Gasteiger partial charge is 0.261 e. The lowest BCUT2D eigenvalue weighted by Crippen LogP contribution is -2.39. The zero-order valence-electron chi connectivity index (χ0n) is 14.8. The number of halogens is 1. The second kappa shape index (κ2) is 7.15. The molecule has 1 aliphatic rings. The molecule has 27 heavy (non-hydrogen) atoms. The van der Waals surface area contributed by atoms with Crippen LogP contribution in [0.15, 0.2) is 52.0 Å². The van der Waals surface area contributed by atoms with E-state index in [1.165, 1.54) is 10.9 Å². The van der Waals surface area contributed by atoms with Gasteiger partial charge in [-0.05, 0) is 54.8 Å². The first-order valence-electron chi connectivity index (χ1n) is 8.69. The fourth-order valence-corrected chi connectivity index (χ4v) is 3.80. The predicted octanol–water partition coefficient (Wildman–Crippen LogP) is 3.15. The van der Waals surface area contributed by atoms with E-state index in [1.807, 2.05) is 24.3 Å². The molecule has 0 spiro atoms. The highest BCUT2D eigenvalue weighted by Gasteiger charge is 2.23. The van der Waals surface area contributed by atoms with Gasteiger partial charge in [0, 0.05) is 16.7 Å². The molecule has 3 aromatic rings. The summed E-state index contributed by atoms with van der Waals surface area (Å²) < 4.78 is 7.45. The molecule has 0 saturated heterocycles. The number of rotatable bonds is 3. The summed E-state index contributed by atoms with van der Waals surface area (Å²) in [5.74, 6) is 0.655. The Labute approximate surface area is 164 Å². The second-order valence-electron chi connectivity index (χ2n) is 6.48. The van der Waals surface area contributed by atoms with E-state index < -0.39 is 0 Å². The Morgan fingerprint density at radius 2 is 2.11 bits per heavy atom. The van der Waals surface area contributed by atoms with Crippen molar-refractivity contribution < 1.29 is 9.53 Å². The molecule has 0 aliphatic carbocycles. The van der Waals surface area contributed by atoms with Gasteiger partial charge in [-0.25, -0.2) is 4.98 Å². The van der Waals surface area contributed by atoms with Gasteiger partial charge in [0.25, 0.3) is 5.56 Å². The van der Waals surface area contributed by atoms with Gasteiger partial charge in [0.1, 0.15) is 12.3 Å².